The van der Waals surface area contributed by atoms with E-state index in [1.807, 2.05) is 42.5 Å². The highest BCUT2D eigenvalue weighted by atomic mass is 35.5. The summed E-state index contributed by atoms with van der Waals surface area (Å²) >= 11 is 0. The molecule has 5 rings (SSSR count). The van der Waals surface area contributed by atoms with Crippen LogP contribution in [0, 0.1) is 0 Å². The van der Waals surface area contributed by atoms with E-state index in [1.54, 1.807) is 24.5 Å². The zero-order valence-electron chi connectivity index (χ0n) is 15.0. The van der Waals surface area contributed by atoms with Crippen molar-refractivity contribution in [2.75, 3.05) is 5.32 Å². The second-order valence-electron chi connectivity index (χ2n) is 6.17. The molecule has 142 valence electrons. The fraction of sp³-hybridized carbons (Fsp3) is 0. The largest absolute Gasteiger partial charge is 0.506 e. The monoisotopic (exact) mass is 402 g/mol. The van der Waals surface area contributed by atoms with Crippen LogP contribution in [0.15, 0.2) is 73.3 Å². The average Bonchev–Trinajstić information content (AvgIpc) is 2.76. The van der Waals surface area contributed by atoms with E-state index in [1.165, 1.54) is 6.33 Å². The molecule has 0 fully saturated rings. The summed E-state index contributed by atoms with van der Waals surface area (Å²) in [5.41, 5.74) is 4.04. The van der Waals surface area contributed by atoms with Crippen LogP contribution in [0.1, 0.15) is 0 Å². The van der Waals surface area contributed by atoms with Crippen LogP contribution in [0.3, 0.4) is 0 Å². The summed E-state index contributed by atoms with van der Waals surface area (Å²) in [7, 11) is 0. The molecule has 0 radical (unpaired) electrons. The molecule has 0 saturated heterocycles. The predicted molar refractivity (Wildman–Crippen MR) is 115 cm³/mol. The lowest BCUT2D eigenvalue weighted by molar-refractivity contribution is 0.480. The molecule has 0 aliphatic carbocycles. The van der Waals surface area contributed by atoms with Gasteiger partial charge in [0.1, 0.15) is 17.6 Å². The van der Waals surface area contributed by atoms with Gasteiger partial charge in [-0.15, -0.1) is 12.4 Å². The van der Waals surface area contributed by atoms with Gasteiger partial charge >= 0.3 is 0 Å². The second-order valence-corrected chi connectivity index (χ2v) is 6.17. The van der Waals surface area contributed by atoms with Crippen molar-refractivity contribution in [3.05, 3.63) is 73.3 Å². The van der Waals surface area contributed by atoms with Crippen LogP contribution in [0.4, 0.5) is 11.5 Å². The van der Waals surface area contributed by atoms with Crippen molar-refractivity contribution in [3.63, 3.8) is 0 Å². The van der Waals surface area contributed by atoms with E-state index in [0.717, 1.165) is 22.3 Å². The number of fused-ring (bicyclic) bond motifs is 2. The van der Waals surface area contributed by atoms with Crippen LogP contribution >= 0.6 is 12.4 Å². The number of nitrogens with zero attached hydrogens (tertiary/aromatic N) is 5. The molecular formula is C21H15ClN6O. The SMILES string of the molecule is Cl.Oc1ccc(Nc2ncnc3ncc(-c4ccccc4)nc23)c2cccnc12. The minimum Gasteiger partial charge on any atom is -0.506 e. The van der Waals surface area contributed by atoms with Crippen molar-refractivity contribution in [2.24, 2.45) is 0 Å². The molecular weight excluding hydrogens is 388 g/mol. The first-order valence-corrected chi connectivity index (χ1v) is 8.66. The molecule has 0 amide bonds. The van der Waals surface area contributed by atoms with Crippen LogP contribution in [-0.2, 0) is 0 Å². The molecule has 0 aliphatic rings. The van der Waals surface area contributed by atoms with Crippen molar-refractivity contribution in [3.8, 4) is 17.0 Å². The molecule has 3 aromatic heterocycles. The van der Waals surface area contributed by atoms with Crippen molar-refractivity contribution in [1.29, 1.82) is 0 Å². The van der Waals surface area contributed by atoms with Crippen LogP contribution in [0.25, 0.3) is 33.3 Å². The number of anilines is 2. The van der Waals surface area contributed by atoms with Crippen LogP contribution in [0.2, 0.25) is 0 Å². The number of aromatic hydroxyl groups is 1. The van der Waals surface area contributed by atoms with E-state index in [2.05, 4.69) is 25.3 Å². The summed E-state index contributed by atoms with van der Waals surface area (Å²) < 4.78 is 0. The van der Waals surface area contributed by atoms with Crippen molar-refractivity contribution in [2.45, 2.75) is 0 Å². The third-order valence-electron chi connectivity index (χ3n) is 4.42. The number of pyridine rings is 1. The zero-order valence-corrected chi connectivity index (χ0v) is 15.8. The van der Waals surface area contributed by atoms with E-state index in [-0.39, 0.29) is 18.2 Å². The molecule has 0 atom stereocenters. The Labute approximate surface area is 172 Å². The summed E-state index contributed by atoms with van der Waals surface area (Å²) in [6.45, 7) is 0. The highest BCUT2D eigenvalue weighted by Gasteiger charge is 2.12. The number of nitrogens with one attached hydrogen (secondary N) is 1. The van der Waals surface area contributed by atoms with Gasteiger partial charge in [0, 0.05) is 22.8 Å². The third-order valence-corrected chi connectivity index (χ3v) is 4.42. The summed E-state index contributed by atoms with van der Waals surface area (Å²) in [5.74, 6) is 0.658. The summed E-state index contributed by atoms with van der Waals surface area (Å²) in [6, 6.07) is 16.9. The fourth-order valence-corrected chi connectivity index (χ4v) is 3.07. The normalized spacial score (nSPS) is 10.6. The van der Waals surface area contributed by atoms with E-state index in [9.17, 15) is 5.11 Å². The number of phenolic OH excluding ortho intramolecular Hbond substituents is 1. The van der Waals surface area contributed by atoms with Crippen LogP contribution < -0.4 is 5.32 Å². The van der Waals surface area contributed by atoms with Gasteiger partial charge in [-0.05, 0) is 24.3 Å². The number of benzene rings is 2. The minimum absolute atomic E-state index is 0. The van der Waals surface area contributed by atoms with Crippen molar-refractivity contribution in [1.82, 2.24) is 24.9 Å². The predicted octanol–water partition coefficient (Wildman–Crippen LogP) is 4.51. The van der Waals surface area contributed by atoms with Gasteiger partial charge < -0.3 is 10.4 Å². The Balaban J connectivity index is 0.00000205. The van der Waals surface area contributed by atoms with Gasteiger partial charge in [0.05, 0.1) is 11.9 Å². The van der Waals surface area contributed by atoms with E-state index in [4.69, 9.17) is 4.98 Å². The highest BCUT2D eigenvalue weighted by Crippen LogP contribution is 2.32. The Morgan fingerprint density at radius 2 is 1.66 bits per heavy atom. The molecule has 0 bridgehead atoms. The first kappa shape index (κ1) is 18.5. The average molecular weight is 403 g/mol. The van der Waals surface area contributed by atoms with E-state index in [0.29, 0.717) is 22.5 Å². The molecule has 0 saturated carbocycles. The zero-order chi connectivity index (χ0) is 18.9. The van der Waals surface area contributed by atoms with Gasteiger partial charge in [0.25, 0.3) is 0 Å². The molecule has 0 unspecified atom stereocenters. The lowest BCUT2D eigenvalue weighted by Crippen LogP contribution is -2.00. The van der Waals surface area contributed by atoms with Gasteiger partial charge in [-0.1, -0.05) is 30.3 Å². The Bertz CT molecular complexity index is 1310. The first-order valence-electron chi connectivity index (χ1n) is 8.66. The number of hydrogen-bond acceptors (Lipinski definition) is 7. The first-order chi connectivity index (χ1) is 13.8. The van der Waals surface area contributed by atoms with Crippen LogP contribution in [-0.4, -0.2) is 30.0 Å². The molecule has 2 N–H and O–H groups in total. The second kappa shape index (κ2) is 7.65. The Morgan fingerprint density at radius 1 is 0.793 bits per heavy atom. The molecule has 0 spiro atoms. The third kappa shape index (κ3) is 3.39. The Kier molecular flexibility index (Phi) is 4.88. The molecule has 7 nitrogen and oxygen atoms in total. The number of aromatic nitrogens is 5. The van der Waals surface area contributed by atoms with Crippen molar-refractivity contribution < 1.29 is 5.11 Å². The smallest absolute Gasteiger partial charge is 0.183 e. The van der Waals surface area contributed by atoms with Gasteiger partial charge in [-0.25, -0.2) is 19.9 Å². The highest BCUT2D eigenvalue weighted by molar-refractivity contribution is 5.98. The maximum atomic E-state index is 10.1. The summed E-state index contributed by atoms with van der Waals surface area (Å²) in [4.78, 5) is 22.0. The minimum atomic E-state index is 0. The van der Waals surface area contributed by atoms with Gasteiger partial charge in [0.2, 0.25) is 0 Å². The summed E-state index contributed by atoms with van der Waals surface area (Å²) in [5, 5.41) is 14.1. The molecule has 2 aromatic carbocycles. The maximum Gasteiger partial charge on any atom is 0.183 e. The van der Waals surface area contributed by atoms with Crippen molar-refractivity contribution >= 4 is 46.0 Å². The van der Waals surface area contributed by atoms with E-state index >= 15 is 0 Å². The Hall–Kier alpha value is -3.84. The molecule has 29 heavy (non-hydrogen) atoms. The van der Waals surface area contributed by atoms with Gasteiger partial charge in [-0.3, -0.25) is 4.98 Å². The van der Waals surface area contributed by atoms with Gasteiger partial charge in [-0.2, -0.15) is 0 Å². The lowest BCUT2D eigenvalue weighted by Gasteiger charge is -2.11. The maximum absolute atomic E-state index is 10.1. The summed E-state index contributed by atoms with van der Waals surface area (Å²) in [6.07, 6.45) is 4.79. The number of halogens is 1. The number of phenols is 1. The standard InChI is InChI=1S/C21H14N6O.ClH/c28-17-9-8-15(14-7-4-10-22-18(14)17)27-21-19-20(24-12-25-21)23-11-16(26-19)13-5-2-1-3-6-13;/h1-12,28H,(H,23,24,25,27);1H. The number of hydrogen-bond donors (Lipinski definition) is 2. The van der Waals surface area contributed by atoms with Gasteiger partial charge in [0.15, 0.2) is 17.0 Å². The Morgan fingerprint density at radius 3 is 2.52 bits per heavy atom. The number of rotatable bonds is 3. The fourth-order valence-electron chi connectivity index (χ4n) is 3.07. The molecule has 5 aromatic rings. The van der Waals surface area contributed by atoms with Crippen LogP contribution in [0.5, 0.6) is 5.75 Å². The molecule has 8 heteroatoms. The molecule has 3 heterocycles. The van der Waals surface area contributed by atoms with E-state index < -0.39 is 0 Å². The lowest BCUT2D eigenvalue weighted by atomic mass is 10.1. The quantitative estimate of drug-likeness (QED) is 0.428. The molecule has 0 aliphatic heterocycles. The topological polar surface area (TPSA) is 96.7 Å².